The highest BCUT2D eigenvalue weighted by atomic mass is 16.5. The minimum absolute atomic E-state index is 0.127. The Morgan fingerprint density at radius 2 is 2.18 bits per heavy atom. The molecule has 0 amide bonds. The molecule has 0 unspecified atom stereocenters. The summed E-state index contributed by atoms with van der Waals surface area (Å²) in [6, 6.07) is 8.71. The lowest BCUT2D eigenvalue weighted by atomic mass is 9.97. The van der Waals surface area contributed by atoms with Crippen molar-refractivity contribution in [2.24, 2.45) is 0 Å². The summed E-state index contributed by atoms with van der Waals surface area (Å²) in [5.41, 5.74) is 1.86. The van der Waals surface area contributed by atoms with Gasteiger partial charge < -0.3 is 13.9 Å². The van der Waals surface area contributed by atoms with Gasteiger partial charge in [0, 0.05) is 5.57 Å². The van der Waals surface area contributed by atoms with Gasteiger partial charge in [0.25, 0.3) is 0 Å². The van der Waals surface area contributed by atoms with E-state index in [4.69, 9.17) is 19.2 Å². The second kappa shape index (κ2) is 5.41. The fourth-order valence-electron chi connectivity index (χ4n) is 2.37. The molecule has 1 aromatic carbocycles. The molecule has 0 N–H and O–H groups in total. The highest BCUT2D eigenvalue weighted by molar-refractivity contribution is 6.14. The van der Waals surface area contributed by atoms with Crippen LogP contribution in [0.5, 0.6) is 11.5 Å². The normalized spacial score (nSPS) is 15.1. The molecule has 0 spiro atoms. The maximum atomic E-state index is 12.6. The molecule has 0 fully saturated rings. The summed E-state index contributed by atoms with van der Waals surface area (Å²) in [5.74, 6) is 1.54. The van der Waals surface area contributed by atoms with Crippen LogP contribution in [0.4, 0.5) is 0 Å². The van der Waals surface area contributed by atoms with Crippen molar-refractivity contribution >= 4 is 11.9 Å². The van der Waals surface area contributed by atoms with E-state index in [1.54, 1.807) is 31.4 Å². The summed E-state index contributed by atoms with van der Waals surface area (Å²) in [6.45, 7) is 2.02. The number of benzene rings is 1. The standard InChI is InChI=1S/C17H13NO4/c1-10-5-14-16(19)11(7-12-3-4-13(8-18)22-12)9-21-17(14)15(6-10)20-2/h3-7H,9H2,1-2H3/b11-7-. The lowest BCUT2D eigenvalue weighted by Gasteiger charge is -2.21. The molecule has 5 heteroatoms. The molecule has 5 nitrogen and oxygen atoms in total. The first kappa shape index (κ1) is 14.0. The van der Waals surface area contributed by atoms with E-state index in [0.717, 1.165) is 5.56 Å². The molecule has 1 aliphatic rings. The molecule has 0 aliphatic carbocycles. The number of nitrogens with zero attached hydrogens (tertiary/aromatic N) is 1. The molecule has 110 valence electrons. The zero-order chi connectivity index (χ0) is 15.7. The largest absolute Gasteiger partial charge is 0.493 e. The van der Waals surface area contributed by atoms with Crippen LogP contribution in [0.3, 0.4) is 0 Å². The van der Waals surface area contributed by atoms with E-state index in [2.05, 4.69) is 0 Å². The van der Waals surface area contributed by atoms with Crippen LogP contribution in [0, 0.1) is 18.3 Å². The number of Topliss-reactive ketones (excluding diaryl/α,β-unsaturated/α-hetero) is 1. The van der Waals surface area contributed by atoms with Crippen molar-refractivity contribution < 1.29 is 18.7 Å². The van der Waals surface area contributed by atoms with Gasteiger partial charge in [0.2, 0.25) is 5.76 Å². The lowest BCUT2D eigenvalue weighted by Crippen LogP contribution is -2.19. The van der Waals surface area contributed by atoms with E-state index in [-0.39, 0.29) is 18.2 Å². The van der Waals surface area contributed by atoms with Gasteiger partial charge in [-0.25, -0.2) is 0 Å². The molecule has 0 atom stereocenters. The topological polar surface area (TPSA) is 72.5 Å². The number of methoxy groups -OCH3 is 1. The predicted molar refractivity (Wildman–Crippen MR) is 79.0 cm³/mol. The summed E-state index contributed by atoms with van der Waals surface area (Å²) in [5, 5.41) is 8.76. The van der Waals surface area contributed by atoms with E-state index in [9.17, 15) is 4.79 Å². The van der Waals surface area contributed by atoms with Gasteiger partial charge in [-0.2, -0.15) is 5.26 Å². The number of hydrogen-bond acceptors (Lipinski definition) is 5. The summed E-state index contributed by atoms with van der Waals surface area (Å²) in [6.07, 6.45) is 1.60. The molecule has 0 saturated heterocycles. The third-order valence-electron chi connectivity index (χ3n) is 3.38. The fourth-order valence-corrected chi connectivity index (χ4v) is 2.37. The molecule has 1 aromatic heterocycles. The molecule has 0 radical (unpaired) electrons. The molecule has 2 heterocycles. The maximum Gasteiger partial charge on any atom is 0.204 e. The van der Waals surface area contributed by atoms with Gasteiger partial charge in [0.1, 0.15) is 18.4 Å². The van der Waals surface area contributed by atoms with E-state index >= 15 is 0 Å². The number of hydrogen-bond donors (Lipinski definition) is 0. The van der Waals surface area contributed by atoms with Crippen molar-refractivity contribution in [1.82, 2.24) is 0 Å². The van der Waals surface area contributed by atoms with Gasteiger partial charge in [0.15, 0.2) is 17.3 Å². The Kier molecular flexibility index (Phi) is 3.43. The minimum atomic E-state index is -0.127. The Labute approximate surface area is 127 Å². The van der Waals surface area contributed by atoms with Crippen molar-refractivity contribution in [3.63, 3.8) is 0 Å². The third kappa shape index (κ3) is 2.35. The van der Waals surface area contributed by atoms with Gasteiger partial charge >= 0.3 is 0 Å². The molecule has 0 saturated carbocycles. The highest BCUT2D eigenvalue weighted by Crippen LogP contribution is 2.37. The molecule has 0 bridgehead atoms. The predicted octanol–water partition coefficient (Wildman–Crippen LogP) is 3.13. The van der Waals surface area contributed by atoms with Crippen LogP contribution < -0.4 is 9.47 Å². The van der Waals surface area contributed by atoms with Crippen LogP contribution in [0.2, 0.25) is 0 Å². The van der Waals surface area contributed by atoms with Crippen molar-refractivity contribution in [2.75, 3.05) is 13.7 Å². The van der Waals surface area contributed by atoms with Gasteiger partial charge in [-0.05, 0) is 42.8 Å². The van der Waals surface area contributed by atoms with Gasteiger partial charge in [-0.15, -0.1) is 0 Å². The van der Waals surface area contributed by atoms with Gasteiger partial charge in [0.05, 0.1) is 12.7 Å². The summed E-state index contributed by atoms with van der Waals surface area (Å²) >= 11 is 0. The van der Waals surface area contributed by atoms with Gasteiger partial charge in [-0.1, -0.05) is 0 Å². The Morgan fingerprint density at radius 3 is 2.86 bits per heavy atom. The van der Waals surface area contributed by atoms with Crippen LogP contribution in [-0.2, 0) is 0 Å². The molecular formula is C17H13NO4. The number of nitriles is 1. The number of furan rings is 1. The minimum Gasteiger partial charge on any atom is -0.493 e. The van der Waals surface area contributed by atoms with E-state index in [0.29, 0.717) is 28.4 Å². The monoisotopic (exact) mass is 295 g/mol. The Bertz CT molecular complexity index is 824. The molecule has 2 aromatic rings. The Balaban J connectivity index is 2.01. The van der Waals surface area contributed by atoms with Crippen molar-refractivity contribution in [3.8, 4) is 17.6 Å². The van der Waals surface area contributed by atoms with Crippen molar-refractivity contribution in [1.29, 1.82) is 5.26 Å². The van der Waals surface area contributed by atoms with Crippen LogP contribution in [0.15, 0.2) is 34.3 Å². The first-order valence-corrected chi connectivity index (χ1v) is 6.69. The Morgan fingerprint density at radius 1 is 1.36 bits per heavy atom. The first-order valence-electron chi connectivity index (χ1n) is 6.69. The number of ketones is 1. The number of rotatable bonds is 2. The van der Waals surface area contributed by atoms with Crippen molar-refractivity contribution in [3.05, 3.63) is 52.5 Å². The zero-order valence-electron chi connectivity index (χ0n) is 12.2. The third-order valence-corrected chi connectivity index (χ3v) is 3.38. The number of aryl methyl sites for hydroxylation is 1. The molecular weight excluding hydrogens is 282 g/mol. The summed E-state index contributed by atoms with van der Waals surface area (Å²) in [7, 11) is 1.54. The van der Waals surface area contributed by atoms with E-state index < -0.39 is 0 Å². The molecule has 1 aliphatic heterocycles. The van der Waals surface area contributed by atoms with Crippen LogP contribution in [0.1, 0.15) is 27.4 Å². The zero-order valence-corrected chi connectivity index (χ0v) is 12.2. The fraction of sp³-hybridized carbons (Fsp3) is 0.176. The van der Waals surface area contributed by atoms with E-state index in [1.807, 2.05) is 19.1 Å². The average molecular weight is 295 g/mol. The second-order valence-electron chi connectivity index (χ2n) is 4.95. The number of ether oxygens (including phenoxy) is 2. The summed E-state index contributed by atoms with van der Waals surface area (Å²) in [4.78, 5) is 12.6. The quantitative estimate of drug-likeness (QED) is 0.796. The number of fused-ring (bicyclic) bond motifs is 1. The lowest BCUT2D eigenvalue weighted by molar-refractivity contribution is 0.0998. The average Bonchev–Trinajstić information content (AvgIpc) is 2.97. The summed E-state index contributed by atoms with van der Waals surface area (Å²) < 4.78 is 16.2. The van der Waals surface area contributed by atoms with Crippen LogP contribution in [0.25, 0.3) is 6.08 Å². The molecule has 22 heavy (non-hydrogen) atoms. The van der Waals surface area contributed by atoms with Crippen LogP contribution >= 0.6 is 0 Å². The number of carbonyl (C=O) groups is 1. The highest BCUT2D eigenvalue weighted by Gasteiger charge is 2.27. The Hall–Kier alpha value is -3.00. The van der Waals surface area contributed by atoms with Crippen LogP contribution in [-0.4, -0.2) is 19.5 Å². The maximum absolute atomic E-state index is 12.6. The molecule has 3 rings (SSSR count). The first-order chi connectivity index (χ1) is 10.6. The SMILES string of the molecule is COc1cc(C)cc2c1OC/C(=C/c1ccc(C#N)o1)C2=O. The smallest absolute Gasteiger partial charge is 0.204 e. The number of carbonyl (C=O) groups excluding carboxylic acids is 1. The van der Waals surface area contributed by atoms with Crippen molar-refractivity contribution in [2.45, 2.75) is 6.92 Å². The van der Waals surface area contributed by atoms with Gasteiger partial charge in [-0.3, -0.25) is 4.79 Å². The second-order valence-corrected chi connectivity index (χ2v) is 4.95. The van der Waals surface area contributed by atoms with E-state index in [1.165, 1.54) is 0 Å².